The summed E-state index contributed by atoms with van der Waals surface area (Å²) in [6.45, 7) is 4.37. The summed E-state index contributed by atoms with van der Waals surface area (Å²) < 4.78 is 0. The number of nitrogens with zero attached hydrogens (tertiary/aromatic N) is 1. The van der Waals surface area contributed by atoms with Crippen LogP contribution in [0.3, 0.4) is 0 Å². The van der Waals surface area contributed by atoms with E-state index in [0.717, 1.165) is 32.1 Å². The first-order valence-electron chi connectivity index (χ1n) is 5.83. The highest BCUT2D eigenvalue weighted by atomic mass is 32.1. The second kappa shape index (κ2) is 6.96. The quantitative estimate of drug-likeness (QED) is 0.775. The van der Waals surface area contributed by atoms with Gasteiger partial charge in [-0.1, -0.05) is 26.7 Å². The van der Waals surface area contributed by atoms with Gasteiger partial charge in [-0.15, -0.1) is 11.3 Å². The Morgan fingerprint density at radius 3 is 2.47 bits per heavy atom. The number of rotatable bonds is 7. The normalized spacial score (nSPS) is 13.3. The van der Waals surface area contributed by atoms with Crippen LogP contribution in [0.4, 0.5) is 0 Å². The van der Waals surface area contributed by atoms with Crippen LogP contribution in [0, 0.1) is 5.92 Å². The summed E-state index contributed by atoms with van der Waals surface area (Å²) in [7, 11) is 0. The first kappa shape index (κ1) is 12.7. The molecule has 0 aliphatic rings. The van der Waals surface area contributed by atoms with E-state index in [-0.39, 0.29) is 6.10 Å². The molecule has 0 spiro atoms. The van der Waals surface area contributed by atoms with Crippen molar-refractivity contribution in [1.29, 1.82) is 0 Å². The van der Waals surface area contributed by atoms with E-state index in [1.54, 1.807) is 11.3 Å². The molecule has 1 aromatic rings. The fourth-order valence-corrected chi connectivity index (χ4v) is 2.63. The van der Waals surface area contributed by atoms with Gasteiger partial charge in [-0.25, -0.2) is 0 Å². The number of thiazole rings is 1. The smallest absolute Gasteiger partial charge is 0.0794 e. The molecule has 0 amide bonds. The van der Waals surface area contributed by atoms with Gasteiger partial charge in [0.15, 0.2) is 0 Å². The molecule has 15 heavy (non-hydrogen) atoms. The van der Waals surface area contributed by atoms with Crippen molar-refractivity contribution in [2.24, 2.45) is 5.92 Å². The van der Waals surface area contributed by atoms with E-state index >= 15 is 0 Å². The Kier molecular flexibility index (Phi) is 5.88. The molecule has 86 valence electrons. The number of hydrogen-bond acceptors (Lipinski definition) is 3. The third-order valence-electron chi connectivity index (χ3n) is 2.76. The van der Waals surface area contributed by atoms with Crippen LogP contribution in [0.15, 0.2) is 11.7 Å². The topological polar surface area (TPSA) is 33.1 Å². The van der Waals surface area contributed by atoms with Crippen LogP contribution in [0.25, 0.3) is 0 Å². The highest BCUT2D eigenvalue weighted by Gasteiger charge is 2.18. The van der Waals surface area contributed by atoms with Gasteiger partial charge in [-0.3, -0.25) is 4.98 Å². The van der Waals surface area contributed by atoms with E-state index < -0.39 is 0 Å². The molecule has 0 saturated heterocycles. The Morgan fingerprint density at radius 1 is 1.33 bits per heavy atom. The molecule has 1 rings (SSSR count). The van der Waals surface area contributed by atoms with Crippen molar-refractivity contribution in [3.8, 4) is 0 Å². The van der Waals surface area contributed by atoms with Gasteiger partial charge in [0.05, 0.1) is 11.6 Å². The standard InChI is InChI=1S/C12H21NOS/c1-3-5-10(6-4-2)12(14)7-11-8-13-9-15-11/h8-10,12,14H,3-7H2,1-2H3. The lowest BCUT2D eigenvalue weighted by atomic mass is 9.90. The van der Waals surface area contributed by atoms with Crippen LogP contribution < -0.4 is 0 Å². The largest absolute Gasteiger partial charge is 0.392 e. The molecule has 0 aliphatic heterocycles. The number of aliphatic hydroxyl groups is 1. The average Bonchev–Trinajstić information content (AvgIpc) is 2.70. The molecular weight excluding hydrogens is 206 g/mol. The lowest BCUT2D eigenvalue weighted by Crippen LogP contribution is -2.22. The van der Waals surface area contributed by atoms with Crippen molar-refractivity contribution in [2.45, 2.75) is 52.1 Å². The van der Waals surface area contributed by atoms with Crippen LogP contribution in [-0.2, 0) is 6.42 Å². The maximum absolute atomic E-state index is 10.1. The molecule has 1 N–H and O–H groups in total. The van der Waals surface area contributed by atoms with E-state index in [9.17, 15) is 5.11 Å². The molecule has 0 saturated carbocycles. The SMILES string of the molecule is CCCC(CCC)C(O)Cc1cncs1. The molecule has 1 aromatic heterocycles. The molecule has 0 aliphatic carbocycles. The summed E-state index contributed by atoms with van der Waals surface area (Å²) in [6.07, 6.45) is 7.03. The third kappa shape index (κ3) is 4.31. The zero-order valence-corrected chi connectivity index (χ0v) is 10.5. The first-order valence-corrected chi connectivity index (χ1v) is 6.71. The zero-order valence-electron chi connectivity index (χ0n) is 9.65. The zero-order chi connectivity index (χ0) is 11.1. The summed E-state index contributed by atoms with van der Waals surface area (Å²) in [5.41, 5.74) is 1.83. The summed E-state index contributed by atoms with van der Waals surface area (Å²) in [5, 5.41) is 10.1. The third-order valence-corrected chi connectivity index (χ3v) is 3.56. The van der Waals surface area contributed by atoms with Crippen LogP contribution in [-0.4, -0.2) is 16.2 Å². The molecule has 3 heteroatoms. The van der Waals surface area contributed by atoms with E-state index in [4.69, 9.17) is 0 Å². The Hall–Kier alpha value is -0.410. The molecule has 1 atom stereocenters. The average molecular weight is 227 g/mol. The van der Waals surface area contributed by atoms with Gasteiger partial charge >= 0.3 is 0 Å². The molecule has 2 nitrogen and oxygen atoms in total. The summed E-state index contributed by atoms with van der Waals surface area (Å²) in [4.78, 5) is 5.23. The van der Waals surface area contributed by atoms with Gasteiger partial charge < -0.3 is 5.11 Å². The number of hydrogen-bond donors (Lipinski definition) is 1. The molecule has 0 radical (unpaired) electrons. The van der Waals surface area contributed by atoms with Crippen molar-refractivity contribution in [1.82, 2.24) is 4.98 Å². The van der Waals surface area contributed by atoms with Gasteiger partial charge in [0.25, 0.3) is 0 Å². The van der Waals surface area contributed by atoms with Gasteiger partial charge in [-0.2, -0.15) is 0 Å². The predicted octanol–water partition coefficient (Wildman–Crippen LogP) is 3.26. The van der Waals surface area contributed by atoms with Gasteiger partial charge in [-0.05, 0) is 18.8 Å². The van der Waals surface area contributed by atoms with E-state index in [1.807, 2.05) is 11.7 Å². The summed E-state index contributed by atoms with van der Waals surface area (Å²) in [6, 6.07) is 0. The maximum Gasteiger partial charge on any atom is 0.0794 e. The highest BCUT2D eigenvalue weighted by molar-refractivity contribution is 7.09. The van der Waals surface area contributed by atoms with E-state index in [2.05, 4.69) is 18.8 Å². The maximum atomic E-state index is 10.1. The predicted molar refractivity (Wildman–Crippen MR) is 65.1 cm³/mol. The lowest BCUT2D eigenvalue weighted by molar-refractivity contribution is 0.0970. The van der Waals surface area contributed by atoms with Gasteiger partial charge in [0.2, 0.25) is 0 Å². The summed E-state index contributed by atoms with van der Waals surface area (Å²) >= 11 is 1.63. The van der Waals surface area contributed by atoms with Crippen molar-refractivity contribution in [2.75, 3.05) is 0 Å². The molecular formula is C12H21NOS. The van der Waals surface area contributed by atoms with Crippen molar-refractivity contribution < 1.29 is 5.11 Å². The number of aliphatic hydroxyl groups excluding tert-OH is 1. The fraction of sp³-hybridized carbons (Fsp3) is 0.750. The van der Waals surface area contributed by atoms with Gasteiger partial charge in [0, 0.05) is 17.5 Å². The summed E-state index contributed by atoms with van der Waals surface area (Å²) in [5.74, 6) is 0.460. The van der Waals surface area contributed by atoms with Gasteiger partial charge in [0.1, 0.15) is 0 Å². The fourth-order valence-electron chi connectivity index (χ4n) is 1.99. The van der Waals surface area contributed by atoms with Crippen molar-refractivity contribution in [3.05, 3.63) is 16.6 Å². The molecule has 0 fully saturated rings. The van der Waals surface area contributed by atoms with Crippen LogP contribution in [0.2, 0.25) is 0 Å². The second-order valence-corrected chi connectivity index (χ2v) is 5.05. The highest BCUT2D eigenvalue weighted by Crippen LogP contribution is 2.21. The Labute approximate surface area is 96.4 Å². The Balaban J connectivity index is 2.44. The minimum absolute atomic E-state index is 0.189. The first-order chi connectivity index (χ1) is 7.27. The molecule has 1 heterocycles. The van der Waals surface area contributed by atoms with Crippen molar-refractivity contribution in [3.63, 3.8) is 0 Å². The van der Waals surface area contributed by atoms with Crippen LogP contribution in [0.5, 0.6) is 0 Å². The lowest BCUT2D eigenvalue weighted by Gasteiger charge is -2.21. The minimum atomic E-state index is -0.189. The van der Waals surface area contributed by atoms with E-state index in [0.29, 0.717) is 5.92 Å². The van der Waals surface area contributed by atoms with Crippen molar-refractivity contribution >= 4 is 11.3 Å². The second-order valence-electron chi connectivity index (χ2n) is 4.08. The minimum Gasteiger partial charge on any atom is -0.392 e. The molecule has 0 aromatic carbocycles. The molecule has 0 bridgehead atoms. The Bertz CT molecular complexity index is 242. The number of aromatic nitrogens is 1. The monoisotopic (exact) mass is 227 g/mol. The van der Waals surface area contributed by atoms with Crippen LogP contribution >= 0.6 is 11.3 Å². The Morgan fingerprint density at radius 2 is 2.00 bits per heavy atom. The van der Waals surface area contributed by atoms with E-state index in [1.165, 1.54) is 4.88 Å². The van der Waals surface area contributed by atoms with Crippen LogP contribution in [0.1, 0.15) is 44.4 Å². The molecule has 1 unspecified atom stereocenters.